The van der Waals surface area contributed by atoms with Gasteiger partial charge in [0.25, 0.3) is 0 Å². The maximum atomic E-state index is 12.0. The topological polar surface area (TPSA) is 63.1 Å². The van der Waals surface area contributed by atoms with Gasteiger partial charge in [0.05, 0.1) is 12.2 Å². The summed E-state index contributed by atoms with van der Waals surface area (Å²) in [5, 5.41) is 10.9. The third-order valence-electron chi connectivity index (χ3n) is 2.93. The molecule has 6 heteroatoms. The van der Waals surface area contributed by atoms with Gasteiger partial charge in [-0.1, -0.05) is 5.21 Å². The molecule has 1 unspecified atom stereocenters. The van der Waals surface area contributed by atoms with Gasteiger partial charge >= 0.3 is 0 Å². The number of likely N-dealkylation sites (N-methyl/N-ethyl adjacent to an activating group) is 1. The summed E-state index contributed by atoms with van der Waals surface area (Å²) < 4.78 is 1.79. The molecule has 0 aliphatic carbocycles. The van der Waals surface area contributed by atoms with Gasteiger partial charge in [0.15, 0.2) is 0 Å². The van der Waals surface area contributed by atoms with Gasteiger partial charge in [-0.2, -0.15) is 0 Å². The lowest BCUT2D eigenvalue weighted by molar-refractivity contribution is -0.132. The molecule has 0 aliphatic rings. The second-order valence-corrected chi connectivity index (χ2v) is 4.21. The molecule has 0 radical (unpaired) electrons. The van der Waals surface area contributed by atoms with Crippen molar-refractivity contribution in [3.05, 3.63) is 12.4 Å². The molecular formula is C12H23N5O. The summed E-state index contributed by atoms with van der Waals surface area (Å²) in [7, 11) is 0. The highest BCUT2D eigenvalue weighted by molar-refractivity contribution is 5.81. The summed E-state index contributed by atoms with van der Waals surface area (Å²) in [5.74, 6) is 0.167. The largest absolute Gasteiger partial charge is 0.342 e. The van der Waals surface area contributed by atoms with Crippen molar-refractivity contribution < 1.29 is 4.79 Å². The zero-order valence-electron chi connectivity index (χ0n) is 11.5. The summed E-state index contributed by atoms with van der Waals surface area (Å²) in [6.45, 7) is 9.06. The monoisotopic (exact) mass is 253 g/mol. The van der Waals surface area contributed by atoms with Gasteiger partial charge in [-0.15, -0.1) is 5.10 Å². The number of carbonyl (C=O) groups is 1. The zero-order valence-corrected chi connectivity index (χ0v) is 11.5. The number of aryl methyl sites for hydroxylation is 1. The molecule has 1 rings (SSSR count). The molecule has 0 saturated carbocycles. The fraction of sp³-hybridized carbons (Fsp3) is 0.750. The molecule has 0 aliphatic heterocycles. The fourth-order valence-corrected chi connectivity index (χ4v) is 1.81. The Morgan fingerprint density at radius 3 is 2.72 bits per heavy atom. The minimum absolute atomic E-state index is 0.124. The van der Waals surface area contributed by atoms with Crippen molar-refractivity contribution in [1.82, 2.24) is 25.2 Å². The van der Waals surface area contributed by atoms with E-state index in [9.17, 15) is 4.79 Å². The normalized spacial score (nSPS) is 12.4. The lowest BCUT2D eigenvalue weighted by Crippen LogP contribution is -2.45. The van der Waals surface area contributed by atoms with E-state index < -0.39 is 0 Å². The zero-order chi connectivity index (χ0) is 13.4. The molecule has 0 aromatic carbocycles. The lowest BCUT2D eigenvalue weighted by atomic mass is 10.2. The molecule has 1 aromatic heterocycles. The number of rotatable bonds is 8. The first-order valence-corrected chi connectivity index (χ1v) is 6.55. The van der Waals surface area contributed by atoms with Crippen molar-refractivity contribution in [2.75, 3.05) is 19.6 Å². The van der Waals surface area contributed by atoms with E-state index in [0.717, 1.165) is 32.6 Å². The number of nitrogens with one attached hydrogen (secondary N) is 1. The van der Waals surface area contributed by atoms with Crippen LogP contribution in [-0.2, 0) is 11.3 Å². The Morgan fingerprint density at radius 2 is 2.17 bits per heavy atom. The average molecular weight is 253 g/mol. The summed E-state index contributed by atoms with van der Waals surface area (Å²) in [5.41, 5.74) is 0. The number of amides is 1. The highest BCUT2D eigenvalue weighted by Gasteiger charge is 2.16. The van der Waals surface area contributed by atoms with E-state index in [1.165, 1.54) is 0 Å². The third kappa shape index (κ3) is 4.44. The molecule has 0 saturated heterocycles. The number of hydrogen-bond acceptors (Lipinski definition) is 4. The Morgan fingerprint density at radius 1 is 1.44 bits per heavy atom. The van der Waals surface area contributed by atoms with Crippen LogP contribution in [0.2, 0.25) is 0 Å². The first-order chi connectivity index (χ1) is 8.69. The van der Waals surface area contributed by atoms with Gasteiger partial charge in [-0.3, -0.25) is 9.48 Å². The van der Waals surface area contributed by atoms with Gasteiger partial charge in [0, 0.05) is 25.8 Å². The minimum Gasteiger partial charge on any atom is -0.342 e. The molecule has 1 heterocycles. The van der Waals surface area contributed by atoms with E-state index in [-0.39, 0.29) is 11.9 Å². The van der Waals surface area contributed by atoms with Crippen LogP contribution >= 0.6 is 0 Å². The van der Waals surface area contributed by atoms with E-state index in [4.69, 9.17) is 0 Å². The predicted molar refractivity (Wildman–Crippen MR) is 70.0 cm³/mol. The van der Waals surface area contributed by atoms with Crippen LogP contribution in [0.4, 0.5) is 0 Å². The lowest BCUT2D eigenvalue weighted by Gasteiger charge is -2.23. The quantitative estimate of drug-likeness (QED) is 0.686. The Bertz CT molecular complexity index is 334. The van der Waals surface area contributed by atoms with Crippen LogP contribution in [0.5, 0.6) is 0 Å². The van der Waals surface area contributed by atoms with Crippen LogP contribution < -0.4 is 5.32 Å². The van der Waals surface area contributed by atoms with Crippen LogP contribution in [0, 0.1) is 0 Å². The molecule has 6 nitrogen and oxygen atoms in total. The van der Waals surface area contributed by atoms with Crippen molar-refractivity contribution in [1.29, 1.82) is 0 Å². The first kappa shape index (κ1) is 14.6. The fourth-order valence-electron chi connectivity index (χ4n) is 1.81. The van der Waals surface area contributed by atoms with Crippen LogP contribution in [0.25, 0.3) is 0 Å². The van der Waals surface area contributed by atoms with Crippen molar-refractivity contribution in [2.24, 2.45) is 0 Å². The van der Waals surface area contributed by atoms with E-state index in [1.54, 1.807) is 10.9 Å². The van der Waals surface area contributed by atoms with Gasteiger partial charge in [0.2, 0.25) is 5.91 Å². The van der Waals surface area contributed by atoms with Gasteiger partial charge in [-0.05, 0) is 33.7 Å². The summed E-state index contributed by atoms with van der Waals surface area (Å²) in [6.07, 6.45) is 4.43. The van der Waals surface area contributed by atoms with Crippen LogP contribution in [-0.4, -0.2) is 51.5 Å². The molecule has 0 spiro atoms. The highest BCUT2D eigenvalue weighted by Crippen LogP contribution is 1.95. The summed E-state index contributed by atoms with van der Waals surface area (Å²) in [4.78, 5) is 13.8. The molecular weight excluding hydrogens is 230 g/mol. The molecule has 18 heavy (non-hydrogen) atoms. The molecule has 1 amide bonds. The smallest absolute Gasteiger partial charge is 0.239 e. The van der Waals surface area contributed by atoms with E-state index in [0.29, 0.717) is 0 Å². The van der Waals surface area contributed by atoms with E-state index in [1.807, 2.05) is 31.9 Å². The van der Waals surface area contributed by atoms with E-state index >= 15 is 0 Å². The first-order valence-electron chi connectivity index (χ1n) is 6.55. The number of carbonyl (C=O) groups excluding carboxylic acids is 1. The second kappa shape index (κ2) is 7.81. The molecule has 1 atom stereocenters. The number of aromatic nitrogens is 3. The predicted octanol–water partition coefficient (Wildman–Crippen LogP) is 0.515. The van der Waals surface area contributed by atoms with Crippen molar-refractivity contribution in [3.63, 3.8) is 0 Å². The van der Waals surface area contributed by atoms with Crippen LogP contribution in [0.1, 0.15) is 27.2 Å². The van der Waals surface area contributed by atoms with Crippen LogP contribution in [0.15, 0.2) is 12.4 Å². The highest BCUT2D eigenvalue weighted by atomic mass is 16.2. The Kier molecular flexibility index (Phi) is 6.35. The molecule has 0 fully saturated rings. The molecule has 0 bridgehead atoms. The number of nitrogens with zero attached hydrogens (tertiary/aromatic N) is 4. The summed E-state index contributed by atoms with van der Waals surface area (Å²) >= 11 is 0. The standard InChI is InChI=1S/C12H23N5O/c1-4-16(5-2)12(18)11(3)13-7-6-9-17-10-8-14-15-17/h8,10-11,13H,4-7,9H2,1-3H3. The third-order valence-corrected chi connectivity index (χ3v) is 2.93. The average Bonchev–Trinajstić information content (AvgIpc) is 2.88. The maximum Gasteiger partial charge on any atom is 0.239 e. The van der Waals surface area contributed by atoms with E-state index in [2.05, 4.69) is 15.6 Å². The van der Waals surface area contributed by atoms with Gasteiger partial charge < -0.3 is 10.2 Å². The maximum absolute atomic E-state index is 12.0. The Labute approximate surface area is 108 Å². The molecule has 102 valence electrons. The van der Waals surface area contributed by atoms with Gasteiger partial charge in [0.1, 0.15) is 0 Å². The van der Waals surface area contributed by atoms with Crippen molar-refractivity contribution in [2.45, 2.75) is 39.8 Å². The van der Waals surface area contributed by atoms with Crippen molar-refractivity contribution >= 4 is 5.91 Å². The molecule has 1 N–H and O–H groups in total. The summed E-state index contributed by atoms with van der Waals surface area (Å²) in [6, 6.07) is -0.124. The Balaban J connectivity index is 2.20. The van der Waals surface area contributed by atoms with Crippen molar-refractivity contribution in [3.8, 4) is 0 Å². The SMILES string of the molecule is CCN(CC)C(=O)C(C)NCCCn1ccnn1. The molecule has 1 aromatic rings. The Hall–Kier alpha value is -1.43. The van der Waals surface area contributed by atoms with Gasteiger partial charge in [-0.25, -0.2) is 0 Å². The minimum atomic E-state index is -0.124. The van der Waals surface area contributed by atoms with Crippen LogP contribution in [0.3, 0.4) is 0 Å². The second-order valence-electron chi connectivity index (χ2n) is 4.21. The number of hydrogen-bond donors (Lipinski definition) is 1.